The van der Waals surface area contributed by atoms with Crippen LogP contribution in [0.2, 0.25) is 0 Å². The first-order valence-electron chi connectivity index (χ1n) is 27.3. The molecule has 3 spiro atoms. The Hall–Kier alpha value is -9.10. The summed E-state index contributed by atoms with van der Waals surface area (Å²) in [6.45, 7) is 2.52. The van der Waals surface area contributed by atoms with Crippen LogP contribution in [0, 0.1) is 5.92 Å². The van der Waals surface area contributed by atoms with E-state index in [1.807, 2.05) is 0 Å². The summed E-state index contributed by atoms with van der Waals surface area (Å²) < 4.78 is 0. The molecule has 0 heterocycles. The van der Waals surface area contributed by atoms with Crippen LogP contribution in [-0.2, 0) is 16.2 Å². The zero-order valence-corrected chi connectivity index (χ0v) is 42.0. The quantitative estimate of drug-likeness (QED) is 0.162. The molecule has 0 saturated carbocycles. The van der Waals surface area contributed by atoms with Crippen molar-refractivity contribution in [3.05, 3.63) is 339 Å². The molecular weight excluding hydrogens is 913 g/mol. The summed E-state index contributed by atoms with van der Waals surface area (Å²) in [5.41, 5.74) is 35.4. The van der Waals surface area contributed by atoms with Crippen LogP contribution in [0.5, 0.6) is 0 Å². The third-order valence-corrected chi connectivity index (χ3v) is 19.6. The molecule has 352 valence electrons. The Labute approximate surface area is 443 Å². The second-order valence-electron chi connectivity index (χ2n) is 22.4. The first-order chi connectivity index (χ1) is 37.6. The van der Waals surface area contributed by atoms with Gasteiger partial charge in [-0.15, -0.1) is 0 Å². The molecule has 76 heavy (non-hydrogen) atoms. The van der Waals surface area contributed by atoms with E-state index < -0.39 is 10.8 Å². The molecule has 11 aromatic carbocycles. The van der Waals surface area contributed by atoms with Gasteiger partial charge in [0.25, 0.3) is 0 Å². The molecule has 11 aromatic rings. The highest BCUT2D eigenvalue weighted by Gasteiger charge is 2.57. The maximum absolute atomic E-state index is 2.64. The first kappa shape index (κ1) is 41.3. The van der Waals surface area contributed by atoms with E-state index in [9.17, 15) is 0 Å². The molecule has 2 unspecified atom stereocenters. The molecule has 7 aliphatic carbocycles. The molecule has 2 atom stereocenters. The highest BCUT2D eigenvalue weighted by molar-refractivity contribution is 6.00. The van der Waals surface area contributed by atoms with Gasteiger partial charge < -0.3 is 0 Å². The Balaban J connectivity index is 0.828. The summed E-state index contributed by atoms with van der Waals surface area (Å²) in [5, 5.41) is 0. The van der Waals surface area contributed by atoms with Crippen LogP contribution in [0.4, 0.5) is 0 Å². The third kappa shape index (κ3) is 4.64. The van der Waals surface area contributed by atoms with E-state index in [4.69, 9.17) is 0 Å². The van der Waals surface area contributed by atoms with Gasteiger partial charge in [0.2, 0.25) is 0 Å². The molecule has 0 aromatic heterocycles. The van der Waals surface area contributed by atoms with Gasteiger partial charge in [0.15, 0.2) is 0 Å². The van der Waals surface area contributed by atoms with Crippen LogP contribution in [0.1, 0.15) is 85.2 Å². The maximum atomic E-state index is 2.64. The van der Waals surface area contributed by atoms with Crippen LogP contribution in [-0.4, -0.2) is 0 Å². The van der Waals surface area contributed by atoms with E-state index in [1.165, 1.54) is 150 Å². The second-order valence-corrected chi connectivity index (χ2v) is 22.4. The van der Waals surface area contributed by atoms with Crippen LogP contribution < -0.4 is 0 Å². The average molecular weight is 961 g/mol. The fourth-order valence-corrected chi connectivity index (χ4v) is 16.9. The van der Waals surface area contributed by atoms with Crippen molar-refractivity contribution in [3.8, 4) is 66.8 Å². The Morgan fingerprint density at radius 2 is 0.553 bits per heavy atom. The van der Waals surface area contributed by atoms with Gasteiger partial charge in [0, 0.05) is 5.92 Å². The van der Waals surface area contributed by atoms with E-state index in [0.717, 1.165) is 0 Å². The fraction of sp³-hybridized carbons (Fsp3) is 0.0789. The molecule has 0 aliphatic heterocycles. The second kappa shape index (κ2) is 14.4. The van der Waals surface area contributed by atoms with Crippen molar-refractivity contribution in [1.29, 1.82) is 0 Å². The molecule has 0 radical (unpaired) electrons. The number of hydrogen-bond acceptors (Lipinski definition) is 0. The van der Waals surface area contributed by atoms with Crippen molar-refractivity contribution in [3.63, 3.8) is 0 Å². The van der Waals surface area contributed by atoms with E-state index >= 15 is 0 Å². The minimum Gasteiger partial charge on any atom is -0.0758 e. The number of hydrogen-bond donors (Lipinski definition) is 0. The lowest BCUT2D eigenvalue weighted by Crippen LogP contribution is -2.32. The SMILES string of the molecule is CC1C2=C(C=CC1c1ccc3c(c1)C1(c4ccccc4-c4ccccc41)c1cc(-c4ccc5c(c4)C4(c6ccccc6-c6ccccc64)c4ccccc4-5)ccc1-3)c1ccccc1C21c2ccccc2-c2ccccc21. The molecule has 7 aliphatic rings. The smallest absolute Gasteiger partial charge is 0.0725 e. The van der Waals surface area contributed by atoms with Crippen LogP contribution in [0.3, 0.4) is 0 Å². The molecule has 0 amide bonds. The molecular formula is C76H48. The van der Waals surface area contributed by atoms with Gasteiger partial charge in [-0.3, -0.25) is 0 Å². The van der Waals surface area contributed by atoms with Crippen molar-refractivity contribution in [2.45, 2.75) is 29.1 Å². The van der Waals surface area contributed by atoms with E-state index in [0.29, 0.717) is 0 Å². The fourth-order valence-electron chi connectivity index (χ4n) is 16.9. The lowest BCUT2D eigenvalue weighted by molar-refractivity contribution is 0.537. The number of fused-ring (bicyclic) bond motifs is 29. The molecule has 0 heteroatoms. The Morgan fingerprint density at radius 1 is 0.263 bits per heavy atom. The summed E-state index contributed by atoms with van der Waals surface area (Å²) in [6.07, 6.45) is 5.03. The van der Waals surface area contributed by atoms with Crippen LogP contribution in [0.25, 0.3) is 72.3 Å². The minimum absolute atomic E-state index is 0.159. The molecule has 0 bridgehead atoms. The molecule has 0 fully saturated rings. The van der Waals surface area contributed by atoms with E-state index in [-0.39, 0.29) is 17.3 Å². The van der Waals surface area contributed by atoms with Gasteiger partial charge in [-0.25, -0.2) is 0 Å². The van der Waals surface area contributed by atoms with Gasteiger partial charge in [0.05, 0.1) is 16.2 Å². The van der Waals surface area contributed by atoms with E-state index in [2.05, 4.69) is 268 Å². The molecule has 0 saturated heterocycles. The minimum atomic E-state index is -0.512. The average Bonchev–Trinajstić information content (AvgIpc) is 4.13. The Morgan fingerprint density at radius 3 is 0.947 bits per heavy atom. The van der Waals surface area contributed by atoms with Crippen molar-refractivity contribution in [1.82, 2.24) is 0 Å². The van der Waals surface area contributed by atoms with Gasteiger partial charge in [-0.2, -0.15) is 0 Å². The van der Waals surface area contributed by atoms with E-state index in [1.54, 1.807) is 0 Å². The number of allylic oxidation sites excluding steroid dienone is 4. The Kier molecular flexibility index (Phi) is 7.81. The van der Waals surface area contributed by atoms with Crippen molar-refractivity contribution in [2.24, 2.45) is 5.92 Å². The lowest BCUT2D eigenvalue weighted by Gasteiger charge is -2.39. The summed E-state index contributed by atoms with van der Waals surface area (Å²) in [5.74, 6) is 0.374. The summed E-state index contributed by atoms with van der Waals surface area (Å²) in [7, 11) is 0. The highest BCUT2D eigenvalue weighted by Crippen LogP contribution is 2.68. The lowest BCUT2D eigenvalue weighted by atomic mass is 9.62. The topological polar surface area (TPSA) is 0 Å². The molecule has 0 nitrogen and oxygen atoms in total. The molecule has 0 N–H and O–H groups in total. The van der Waals surface area contributed by atoms with Crippen LogP contribution >= 0.6 is 0 Å². The third-order valence-electron chi connectivity index (χ3n) is 19.6. The van der Waals surface area contributed by atoms with Gasteiger partial charge in [-0.05, 0) is 168 Å². The van der Waals surface area contributed by atoms with Gasteiger partial charge in [0.1, 0.15) is 0 Å². The predicted molar refractivity (Wildman–Crippen MR) is 311 cm³/mol. The summed E-state index contributed by atoms with van der Waals surface area (Å²) >= 11 is 0. The summed E-state index contributed by atoms with van der Waals surface area (Å²) in [6, 6.07) is 96.1. The van der Waals surface area contributed by atoms with Crippen molar-refractivity contribution in [2.75, 3.05) is 0 Å². The van der Waals surface area contributed by atoms with Gasteiger partial charge >= 0.3 is 0 Å². The number of benzene rings is 11. The van der Waals surface area contributed by atoms with Crippen molar-refractivity contribution >= 4 is 5.57 Å². The number of rotatable bonds is 2. The monoisotopic (exact) mass is 960 g/mol. The zero-order chi connectivity index (χ0) is 49.6. The molecule has 18 rings (SSSR count). The highest BCUT2D eigenvalue weighted by atomic mass is 14.6. The first-order valence-corrected chi connectivity index (χ1v) is 27.3. The standard InChI is InChI=1S/C76H48/c1-45-49(40-41-61-57-25-9-17-33-69(57)76(73(45)61)67-31-15-7-22-54(67)55-23-8-16-32-68(55)76)48-36-39-60-59-38-35-47(43-71(59)75(72(60)44-48)65-29-13-4-20-52(65)53-21-5-14-30-66(53)75)46-34-37-58-56-24-6-12-28-64(56)74(70(58)42-46)62-26-10-2-18-50(62)51-19-3-11-27-63(51)74/h2-45,49H,1H3. The Bertz CT molecular complexity index is 4360. The normalized spacial score (nSPS) is 18.3. The van der Waals surface area contributed by atoms with Crippen LogP contribution in [0.15, 0.2) is 266 Å². The van der Waals surface area contributed by atoms with Gasteiger partial charge in [-0.1, -0.05) is 256 Å². The zero-order valence-electron chi connectivity index (χ0n) is 42.0. The maximum Gasteiger partial charge on any atom is 0.0725 e. The largest absolute Gasteiger partial charge is 0.0758 e. The summed E-state index contributed by atoms with van der Waals surface area (Å²) in [4.78, 5) is 0. The van der Waals surface area contributed by atoms with Crippen molar-refractivity contribution < 1.29 is 0 Å². The predicted octanol–water partition coefficient (Wildman–Crippen LogP) is 18.1.